The third kappa shape index (κ3) is 2.97. The molecule has 1 aromatic carbocycles. The van der Waals surface area contributed by atoms with Crippen LogP contribution in [0.15, 0.2) is 18.2 Å². The summed E-state index contributed by atoms with van der Waals surface area (Å²) in [7, 11) is 0. The summed E-state index contributed by atoms with van der Waals surface area (Å²) in [5.74, 6) is -0.793. The molecule has 1 saturated carbocycles. The Hall–Kier alpha value is -1.65. The van der Waals surface area contributed by atoms with Gasteiger partial charge >= 0.3 is 5.69 Å². The number of para-hydroxylation sites is 1. The molecule has 0 spiro atoms. The van der Waals surface area contributed by atoms with E-state index in [1.807, 2.05) is 0 Å². The van der Waals surface area contributed by atoms with Gasteiger partial charge < -0.3 is 4.74 Å². The third-order valence-electron chi connectivity index (χ3n) is 3.23. The molecule has 0 aliphatic heterocycles. The fraction of sp³-hybridized carbons (Fsp3) is 0.538. The minimum atomic E-state index is -0.842. The number of nitrogens with zero attached hydrogens (tertiary/aromatic N) is 1. The Labute approximate surface area is 105 Å². The summed E-state index contributed by atoms with van der Waals surface area (Å²) in [6.07, 6.45) is 6.20. The summed E-state index contributed by atoms with van der Waals surface area (Å²) in [6.45, 7) is 0. The summed E-state index contributed by atoms with van der Waals surface area (Å²) >= 11 is 0. The van der Waals surface area contributed by atoms with Gasteiger partial charge in [-0.3, -0.25) is 10.1 Å². The molecule has 1 fully saturated rings. The molecule has 98 valence electrons. The van der Waals surface area contributed by atoms with Crippen LogP contribution < -0.4 is 4.74 Å². The van der Waals surface area contributed by atoms with Gasteiger partial charge in [0.1, 0.15) is 0 Å². The van der Waals surface area contributed by atoms with Gasteiger partial charge in [0.15, 0.2) is 0 Å². The lowest BCUT2D eigenvalue weighted by atomic mass is 10.1. The van der Waals surface area contributed by atoms with Crippen molar-refractivity contribution in [3.63, 3.8) is 0 Å². The monoisotopic (exact) mass is 253 g/mol. The van der Waals surface area contributed by atoms with Gasteiger partial charge in [-0.2, -0.15) is 4.39 Å². The van der Waals surface area contributed by atoms with E-state index in [1.165, 1.54) is 25.0 Å². The highest BCUT2D eigenvalue weighted by molar-refractivity contribution is 5.47. The fourth-order valence-corrected chi connectivity index (χ4v) is 2.31. The summed E-state index contributed by atoms with van der Waals surface area (Å²) in [5.41, 5.74) is -0.554. The molecule has 0 saturated heterocycles. The van der Waals surface area contributed by atoms with E-state index in [0.29, 0.717) is 0 Å². The lowest BCUT2D eigenvalue weighted by molar-refractivity contribution is -0.388. The molecule has 5 heteroatoms. The van der Waals surface area contributed by atoms with E-state index in [2.05, 4.69) is 0 Å². The van der Waals surface area contributed by atoms with Crippen molar-refractivity contribution in [3.05, 3.63) is 34.1 Å². The Morgan fingerprint density at radius 1 is 1.22 bits per heavy atom. The molecular formula is C13H16FNO3. The van der Waals surface area contributed by atoms with Crippen LogP contribution in [-0.2, 0) is 0 Å². The number of nitro groups is 1. The summed E-state index contributed by atoms with van der Waals surface area (Å²) < 4.78 is 19.0. The van der Waals surface area contributed by atoms with Crippen LogP contribution in [-0.4, -0.2) is 11.0 Å². The van der Waals surface area contributed by atoms with E-state index in [9.17, 15) is 14.5 Å². The van der Waals surface area contributed by atoms with Gasteiger partial charge in [-0.1, -0.05) is 18.9 Å². The average Bonchev–Trinajstić information content (AvgIpc) is 2.57. The predicted octanol–water partition coefficient (Wildman–Crippen LogP) is 3.84. The minimum absolute atomic E-state index is 0.0343. The van der Waals surface area contributed by atoms with Crippen molar-refractivity contribution in [2.75, 3.05) is 0 Å². The zero-order valence-corrected chi connectivity index (χ0v) is 10.1. The van der Waals surface area contributed by atoms with Gasteiger partial charge in [0, 0.05) is 0 Å². The maximum Gasteiger partial charge on any atom is 0.346 e. The molecule has 0 radical (unpaired) electrons. The quantitative estimate of drug-likeness (QED) is 0.467. The molecule has 0 N–H and O–H groups in total. The van der Waals surface area contributed by atoms with Gasteiger partial charge in [0.25, 0.3) is 0 Å². The first-order valence-electron chi connectivity index (χ1n) is 6.28. The normalized spacial score (nSPS) is 17.2. The van der Waals surface area contributed by atoms with Crippen LogP contribution in [0.2, 0.25) is 0 Å². The second kappa shape index (κ2) is 5.80. The Bertz CT molecular complexity index is 428. The first-order chi connectivity index (χ1) is 8.68. The van der Waals surface area contributed by atoms with E-state index < -0.39 is 16.4 Å². The predicted molar refractivity (Wildman–Crippen MR) is 65.2 cm³/mol. The van der Waals surface area contributed by atoms with Crippen molar-refractivity contribution < 1.29 is 14.1 Å². The summed E-state index contributed by atoms with van der Waals surface area (Å²) in [4.78, 5) is 10.1. The van der Waals surface area contributed by atoms with Crippen LogP contribution in [0.3, 0.4) is 0 Å². The summed E-state index contributed by atoms with van der Waals surface area (Å²) in [5, 5.41) is 10.8. The molecule has 2 rings (SSSR count). The Morgan fingerprint density at radius 3 is 2.50 bits per heavy atom. The molecular weight excluding hydrogens is 237 g/mol. The number of ether oxygens (including phenoxy) is 1. The third-order valence-corrected chi connectivity index (χ3v) is 3.23. The van der Waals surface area contributed by atoms with Crippen molar-refractivity contribution in [2.24, 2.45) is 0 Å². The lowest BCUT2D eigenvalue weighted by Gasteiger charge is -2.16. The van der Waals surface area contributed by atoms with Gasteiger partial charge in [0.05, 0.1) is 11.0 Å². The molecule has 18 heavy (non-hydrogen) atoms. The first kappa shape index (κ1) is 12.8. The van der Waals surface area contributed by atoms with Gasteiger partial charge in [-0.25, -0.2) is 0 Å². The largest absolute Gasteiger partial charge is 0.483 e. The molecule has 0 amide bonds. The zero-order chi connectivity index (χ0) is 13.0. The molecule has 0 atom stereocenters. The van der Waals surface area contributed by atoms with E-state index in [1.54, 1.807) is 0 Å². The second-order valence-corrected chi connectivity index (χ2v) is 4.58. The number of rotatable bonds is 3. The van der Waals surface area contributed by atoms with Crippen molar-refractivity contribution in [1.82, 2.24) is 0 Å². The van der Waals surface area contributed by atoms with Crippen LogP contribution in [0.4, 0.5) is 10.1 Å². The first-order valence-corrected chi connectivity index (χ1v) is 6.28. The summed E-state index contributed by atoms with van der Waals surface area (Å²) in [6, 6.07) is 3.98. The van der Waals surface area contributed by atoms with E-state index in [0.717, 1.165) is 31.7 Å². The van der Waals surface area contributed by atoms with Crippen LogP contribution in [0, 0.1) is 15.9 Å². The van der Waals surface area contributed by atoms with E-state index in [-0.39, 0.29) is 11.9 Å². The SMILES string of the molecule is O=[N+]([O-])c1c(F)cccc1OC1CCCCCC1. The molecule has 1 aromatic rings. The molecule has 0 unspecified atom stereocenters. The number of halogens is 1. The van der Waals surface area contributed by atoms with Crippen LogP contribution >= 0.6 is 0 Å². The lowest BCUT2D eigenvalue weighted by Crippen LogP contribution is -2.16. The zero-order valence-electron chi connectivity index (χ0n) is 10.1. The van der Waals surface area contributed by atoms with Gasteiger partial charge in [-0.05, 0) is 37.8 Å². The Kier molecular flexibility index (Phi) is 4.12. The molecule has 0 bridgehead atoms. The second-order valence-electron chi connectivity index (χ2n) is 4.58. The molecule has 1 aliphatic carbocycles. The van der Waals surface area contributed by atoms with Crippen LogP contribution in [0.5, 0.6) is 5.75 Å². The molecule has 4 nitrogen and oxygen atoms in total. The highest BCUT2D eigenvalue weighted by Crippen LogP contribution is 2.32. The van der Waals surface area contributed by atoms with Gasteiger partial charge in [-0.15, -0.1) is 0 Å². The number of hydrogen-bond acceptors (Lipinski definition) is 3. The van der Waals surface area contributed by atoms with Crippen molar-refractivity contribution in [3.8, 4) is 5.75 Å². The molecule has 0 aromatic heterocycles. The maximum atomic E-state index is 13.4. The van der Waals surface area contributed by atoms with Crippen molar-refractivity contribution in [1.29, 1.82) is 0 Å². The van der Waals surface area contributed by atoms with E-state index >= 15 is 0 Å². The van der Waals surface area contributed by atoms with Gasteiger partial charge in [0.2, 0.25) is 11.6 Å². The Balaban J connectivity index is 2.17. The topological polar surface area (TPSA) is 52.4 Å². The Morgan fingerprint density at radius 2 is 1.89 bits per heavy atom. The smallest absolute Gasteiger partial charge is 0.346 e. The molecule has 1 aliphatic rings. The maximum absolute atomic E-state index is 13.4. The highest BCUT2D eigenvalue weighted by Gasteiger charge is 2.24. The average molecular weight is 253 g/mol. The fourth-order valence-electron chi connectivity index (χ4n) is 2.31. The van der Waals surface area contributed by atoms with E-state index in [4.69, 9.17) is 4.74 Å². The van der Waals surface area contributed by atoms with Crippen LogP contribution in [0.1, 0.15) is 38.5 Å². The van der Waals surface area contributed by atoms with Crippen molar-refractivity contribution in [2.45, 2.75) is 44.6 Å². The van der Waals surface area contributed by atoms with Crippen LogP contribution in [0.25, 0.3) is 0 Å². The number of nitro benzene ring substituents is 1. The standard InChI is InChI=1S/C13H16FNO3/c14-11-8-5-9-12(13(11)15(16)17)18-10-6-3-1-2-4-7-10/h5,8-10H,1-4,6-7H2. The highest BCUT2D eigenvalue weighted by atomic mass is 19.1. The minimum Gasteiger partial charge on any atom is -0.483 e. The number of hydrogen-bond donors (Lipinski definition) is 0. The molecule has 0 heterocycles. The number of benzene rings is 1. The van der Waals surface area contributed by atoms with Crippen molar-refractivity contribution >= 4 is 5.69 Å².